The molecular formula is C19H25NO3. The number of ether oxygens (including phenoxy) is 2. The van der Waals surface area contributed by atoms with Gasteiger partial charge in [-0.15, -0.1) is 6.58 Å². The van der Waals surface area contributed by atoms with E-state index in [9.17, 15) is 5.21 Å². The van der Waals surface area contributed by atoms with Gasteiger partial charge in [-0.1, -0.05) is 30.7 Å². The molecule has 4 nitrogen and oxygen atoms in total. The monoisotopic (exact) mass is 315 g/mol. The Morgan fingerprint density at radius 2 is 1.74 bits per heavy atom. The van der Waals surface area contributed by atoms with Crippen LogP contribution in [0.1, 0.15) is 44.1 Å². The molecule has 0 unspecified atom stereocenters. The normalized spacial score (nSPS) is 23.6. The first-order chi connectivity index (χ1) is 11.2. The Kier molecular flexibility index (Phi) is 4.83. The van der Waals surface area contributed by atoms with Crippen LogP contribution in [-0.2, 0) is 9.47 Å². The van der Waals surface area contributed by atoms with Crippen molar-refractivity contribution in [2.45, 2.75) is 49.9 Å². The zero-order valence-electron chi connectivity index (χ0n) is 13.6. The van der Waals surface area contributed by atoms with Crippen LogP contribution in [0.2, 0.25) is 0 Å². The lowest BCUT2D eigenvalue weighted by atomic mass is 9.90. The second-order valence-electron chi connectivity index (χ2n) is 6.63. The number of hydrogen-bond acceptors (Lipinski definition) is 3. The van der Waals surface area contributed by atoms with E-state index in [-0.39, 0.29) is 0 Å². The molecule has 2 fully saturated rings. The smallest absolute Gasteiger partial charge is 0.222 e. The molecule has 0 bridgehead atoms. The molecule has 0 atom stereocenters. The highest BCUT2D eigenvalue weighted by molar-refractivity contribution is 5.75. The first-order valence-electron chi connectivity index (χ1n) is 8.43. The molecule has 0 aromatic heterocycles. The van der Waals surface area contributed by atoms with E-state index in [0.29, 0.717) is 19.6 Å². The molecule has 3 rings (SSSR count). The predicted molar refractivity (Wildman–Crippen MR) is 90.5 cm³/mol. The quantitative estimate of drug-likeness (QED) is 0.280. The van der Waals surface area contributed by atoms with Crippen LogP contribution in [0.3, 0.4) is 0 Å². The Labute approximate surface area is 138 Å². The third kappa shape index (κ3) is 3.48. The largest absolute Gasteiger partial charge is 0.623 e. The fourth-order valence-corrected chi connectivity index (χ4v) is 3.41. The van der Waals surface area contributed by atoms with Crippen molar-refractivity contribution < 1.29 is 14.2 Å². The molecular weight excluding hydrogens is 290 g/mol. The van der Waals surface area contributed by atoms with Crippen LogP contribution in [0.4, 0.5) is 0 Å². The average Bonchev–Trinajstić information content (AvgIpc) is 2.59. The molecule has 4 heteroatoms. The van der Waals surface area contributed by atoms with Gasteiger partial charge in [-0.25, -0.2) is 4.74 Å². The van der Waals surface area contributed by atoms with Gasteiger partial charge < -0.3 is 14.7 Å². The fraction of sp³-hybridized carbons (Fsp3) is 0.526. The molecule has 1 saturated heterocycles. The molecule has 23 heavy (non-hydrogen) atoms. The Balaban J connectivity index is 1.78. The Morgan fingerprint density at radius 3 is 2.35 bits per heavy atom. The second kappa shape index (κ2) is 6.85. The van der Waals surface area contributed by atoms with Crippen molar-refractivity contribution >= 4 is 6.21 Å². The van der Waals surface area contributed by atoms with E-state index >= 15 is 0 Å². The van der Waals surface area contributed by atoms with Gasteiger partial charge in [0.1, 0.15) is 13.2 Å². The van der Waals surface area contributed by atoms with Crippen LogP contribution in [0, 0.1) is 5.21 Å². The van der Waals surface area contributed by atoms with Gasteiger partial charge in [0.2, 0.25) is 5.54 Å². The molecule has 1 saturated carbocycles. The van der Waals surface area contributed by atoms with Crippen LogP contribution >= 0.6 is 0 Å². The highest BCUT2D eigenvalue weighted by atomic mass is 16.7. The zero-order chi connectivity index (χ0) is 16.2. The molecule has 1 heterocycles. The second-order valence-corrected chi connectivity index (χ2v) is 6.63. The summed E-state index contributed by atoms with van der Waals surface area (Å²) in [5.74, 6) is -0.462. The number of hydroxylamine groups is 1. The minimum Gasteiger partial charge on any atom is -0.623 e. The number of benzene rings is 1. The number of hydrogen-bond donors (Lipinski definition) is 0. The highest BCUT2D eigenvalue weighted by Crippen LogP contribution is 2.38. The maximum Gasteiger partial charge on any atom is 0.222 e. The third-order valence-corrected chi connectivity index (χ3v) is 4.88. The molecule has 0 N–H and O–H groups in total. The Bertz CT molecular complexity index is 551. The van der Waals surface area contributed by atoms with Gasteiger partial charge in [0.25, 0.3) is 0 Å². The van der Waals surface area contributed by atoms with Crippen LogP contribution in [0.5, 0.6) is 0 Å². The summed E-state index contributed by atoms with van der Waals surface area (Å²) in [6, 6.07) is 9.61. The molecule has 2 aliphatic rings. The van der Waals surface area contributed by atoms with E-state index in [0.717, 1.165) is 36.0 Å². The van der Waals surface area contributed by atoms with E-state index in [1.165, 1.54) is 6.42 Å². The SMILES string of the molecule is C=CCC1(/[N+]([O-])=C/c2ccccc2)COC2(CCCCC2)OC1. The van der Waals surface area contributed by atoms with Crippen LogP contribution < -0.4 is 0 Å². The third-order valence-electron chi connectivity index (χ3n) is 4.88. The van der Waals surface area contributed by atoms with E-state index in [1.54, 1.807) is 12.3 Å². The summed E-state index contributed by atoms with van der Waals surface area (Å²) >= 11 is 0. The van der Waals surface area contributed by atoms with Crippen molar-refractivity contribution in [2.75, 3.05) is 13.2 Å². The van der Waals surface area contributed by atoms with E-state index in [1.807, 2.05) is 30.3 Å². The summed E-state index contributed by atoms with van der Waals surface area (Å²) in [7, 11) is 0. The minimum absolute atomic E-state index is 0.381. The predicted octanol–water partition coefficient (Wildman–Crippen LogP) is 3.64. The van der Waals surface area contributed by atoms with E-state index < -0.39 is 11.3 Å². The summed E-state index contributed by atoms with van der Waals surface area (Å²) in [4.78, 5) is 0. The topological polar surface area (TPSA) is 44.5 Å². The van der Waals surface area contributed by atoms with Gasteiger partial charge in [0.05, 0.1) is 0 Å². The fourth-order valence-electron chi connectivity index (χ4n) is 3.41. The minimum atomic E-state index is -0.722. The molecule has 1 aliphatic carbocycles. The van der Waals surface area contributed by atoms with Gasteiger partial charge >= 0.3 is 0 Å². The van der Waals surface area contributed by atoms with Crippen LogP contribution in [0.25, 0.3) is 0 Å². The molecule has 0 radical (unpaired) electrons. The van der Waals surface area contributed by atoms with Crippen molar-refractivity contribution in [1.29, 1.82) is 0 Å². The number of nitrogens with zero attached hydrogens (tertiary/aromatic N) is 1. The van der Waals surface area contributed by atoms with Gasteiger partial charge in [-0.2, -0.15) is 0 Å². The Hall–Kier alpha value is -1.65. The summed E-state index contributed by atoms with van der Waals surface area (Å²) in [6.07, 6.45) is 9.29. The van der Waals surface area contributed by atoms with Crippen molar-refractivity contribution in [3.05, 3.63) is 53.8 Å². The first-order valence-corrected chi connectivity index (χ1v) is 8.43. The van der Waals surface area contributed by atoms with Gasteiger partial charge in [0, 0.05) is 24.8 Å². The lowest BCUT2D eigenvalue weighted by Gasteiger charge is -2.45. The van der Waals surface area contributed by atoms with E-state index in [4.69, 9.17) is 9.47 Å². The molecule has 1 aromatic carbocycles. The van der Waals surface area contributed by atoms with Gasteiger partial charge in [-0.3, -0.25) is 0 Å². The Morgan fingerprint density at radius 1 is 1.09 bits per heavy atom. The van der Waals surface area contributed by atoms with Gasteiger partial charge in [-0.05, 0) is 25.0 Å². The lowest BCUT2D eigenvalue weighted by molar-refractivity contribution is -0.576. The highest BCUT2D eigenvalue weighted by Gasteiger charge is 2.49. The van der Waals surface area contributed by atoms with Crippen LogP contribution in [-0.4, -0.2) is 35.5 Å². The summed E-state index contributed by atoms with van der Waals surface area (Å²) in [5, 5.41) is 12.8. The maximum absolute atomic E-state index is 12.8. The summed E-state index contributed by atoms with van der Waals surface area (Å²) in [5.41, 5.74) is 0.157. The summed E-state index contributed by atoms with van der Waals surface area (Å²) in [6.45, 7) is 4.56. The van der Waals surface area contributed by atoms with Crippen molar-refractivity contribution in [2.24, 2.45) is 0 Å². The van der Waals surface area contributed by atoms with Crippen LogP contribution in [0.15, 0.2) is 43.0 Å². The molecule has 124 valence electrons. The van der Waals surface area contributed by atoms with Crippen molar-refractivity contribution in [3.63, 3.8) is 0 Å². The zero-order valence-corrected chi connectivity index (χ0v) is 13.6. The van der Waals surface area contributed by atoms with E-state index in [2.05, 4.69) is 6.58 Å². The summed E-state index contributed by atoms with van der Waals surface area (Å²) < 4.78 is 13.2. The molecule has 1 spiro atoms. The maximum atomic E-state index is 12.8. The van der Waals surface area contributed by atoms with Crippen molar-refractivity contribution in [1.82, 2.24) is 0 Å². The molecule has 1 aliphatic heterocycles. The van der Waals surface area contributed by atoms with Gasteiger partial charge in [0.15, 0.2) is 12.0 Å². The molecule has 0 amide bonds. The van der Waals surface area contributed by atoms with Crippen molar-refractivity contribution in [3.8, 4) is 0 Å². The first kappa shape index (κ1) is 16.2. The lowest BCUT2D eigenvalue weighted by Crippen LogP contribution is -2.58. The average molecular weight is 315 g/mol. The number of rotatable bonds is 4. The molecule has 1 aromatic rings. The standard InChI is InChI=1S/C19H25NO3/c1-2-11-18(20(21)14-17-9-5-3-6-10-17)15-22-19(23-16-18)12-7-4-8-13-19/h2-3,5-6,9-10,14H,1,4,7-8,11-13,15-16H2/b20-14-.